The first-order valence-corrected chi connectivity index (χ1v) is 4.86. The second kappa shape index (κ2) is 2.62. The summed E-state index contributed by atoms with van der Waals surface area (Å²) in [4.78, 5) is 0. The third kappa shape index (κ3) is 1.30. The highest BCUT2D eigenvalue weighted by atomic mass is 35.5. The van der Waals surface area contributed by atoms with Crippen molar-refractivity contribution in [1.82, 2.24) is 0 Å². The summed E-state index contributed by atoms with van der Waals surface area (Å²) >= 11 is 5.93. The summed E-state index contributed by atoms with van der Waals surface area (Å²) < 4.78 is 0. The molecule has 1 fully saturated rings. The Morgan fingerprint density at radius 3 is 2.46 bits per heavy atom. The molecule has 1 aromatic carbocycles. The van der Waals surface area contributed by atoms with Crippen molar-refractivity contribution in [2.24, 2.45) is 5.41 Å². The van der Waals surface area contributed by atoms with Crippen molar-refractivity contribution >= 4 is 11.6 Å². The minimum Gasteiger partial charge on any atom is -0.0986 e. The van der Waals surface area contributed by atoms with Gasteiger partial charge in [0.15, 0.2) is 0 Å². The Morgan fingerprint density at radius 2 is 2.00 bits per heavy atom. The van der Waals surface area contributed by atoms with Crippen LogP contribution >= 0.6 is 11.6 Å². The molecule has 0 saturated heterocycles. The van der Waals surface area contributed by atoms with E-state index in [1.807, 2.05) is 18.2 Å². The second-order valence-corrected chi connectivity index (χ2v) is 4.67. The van der Waals surface area contributed by atoms with Gasteiger partial charge in [-0.15, -0.1) is 0 Å². The van der Waals surface area contributed by atoms with Crippen LogP contribution in [0.1, 0.15) is 25.3 Å². The molecule has 1 heteroatoms. The summed E-state index contributed by atoms with van der Waals surface area (Å²) in [7, 11) is 0. The molecule has 0 N–H and O–H groups in total. The van der Waals surface area contributed by atoms with E-state index < -0.39 is 0 Å². The summed E-state index contributed by atoms with van der Waals surface area (Å²) in [6.45, 7) is 8.51. The molecule has 1 aliphatic carbocycles. The highest BCUT2D eigenvalue weighted by Crippen LogP contribution is 2.63. The lowest BCUT2D eigenvalue weighted by Gasteiger charge is -2.02. The fourth-order valence-corrected chi connectivity index (χ4v) is 2.14. The normalized spacial score (nSPS) is 24.5. The first-order chi connectivity index (χ1) is 6.03. The molecule has 0 heterocycles. The molecule has 1 saturated carbocycles. The zero-order valence-electron chi connectivity index (χ0n) is 7.97. The molecule has 0 nitrogen and oxygen atoms in total. The average molecular weight is 193 g/mol. The standard InChI is InChI=1S/C12H13Cl/c1-8-11(12(8,2)3)9-5-4-6-10(13)7-9/h4-7,11H,1H2,2-3H3. The quantitative estimate of drug-likeness (QED) is 0.590. The zero-order chi connectivity index (χ0) is 9.64. The molecule has 1 unspecified atom stereocenters. The van der Waals surface area contributed by atoms with Gasteiger partial charge in [0.05, 0.1) is 0 Å². The van der Waals surface area contributed by atoms with E-state index >= 15 is 0 Å². The Labute approximate surface area is 84.2 Å². The Balaban J connectivity index is 2.35. The lowest BCUT2D eigenvalue weighted by atomic mass is 10.0. The fraction of sp³-hybridized carbons (Fsp3) is 0.333. The Bertz CT molecular complexity index is 363. The maximum absolute atomic E-state index is 5.93. The van der Waals surface area contributed by atoms with Gasteiger partial charge in [0.25, 0.3) is 0 Å². The molecule has 0 bridgehead atoms. The number of rotatable bonds is 1. The van der Waals surface area contributed by atoms with Crippen molar-refractivity contribution in [2.45, 2.75) is 19.8 Å². The summed E-state index contributed by atoms with van der Waals surface area (Å²) in [5.41, 5.74) is 2.88. The monoisotopic (exact) mass is 192 g/mol. The second-order valence-electron chi connectivity index (χ2n) is 4.23. The van der Waals surface area contributed by atoms with Crippen LogP contribution in [0, 0.1) is 5.41 Å². The van der Waals surface area contributed by atoms with E-state index in [2.05, 4.69) is 26.5 Å². The summed E-state index contributed by atoms with van der Waals surface area (Å²) in [5, 5.41) is 0.813. The van der Waals surface area contributed by atoms with Gasteiger partial charge in [0, 0.05) is 10.9 Å². The highest BCUT2D eigenvalue weighted by Gasteiger charge is 2.51. The third-order valence-corrected chi connectivity index (χ3v) is 3.23. The van der Waals surface area contributed by atoms with Gasteiger partial charge in [0.1, 0.15) is 0 Å². The minimum absolute atomic E-state index is 0.269. The molecule has 13 heavy (non-hydrogen) atoms. The van der Waals surface area contributed by atoms with Crippen molar-refractivity contribution in [1.29, 1.82) is 0 Å². The van der Waals surface area contributed by atoms with Crippen LogP contribution < -0.4 is 0 Å². The number of hydrogen-bond acceptors (Lipinski definition) is 0. The predicted octanol–water partition coefficient (Wildman–Crippen LogP) is 4.02. The molecule has 0 amide bonds. The van der Waals surface area contributed by atoms with E-state index in [4.69, 9.17) is 11.6 Å². The van der Waals surface area contributed by atoms with Gasteiger partial charge < -0.3 is 0 Å². The van der Waals surface area contributed by atoms with Crippen molar-refractivity contribution in [2.75, 3.05) is 0 Å². The molecule has 1 aromatic rings. The Kier molecular flexibility index (Phi) is 1.78. The van der Waals surface area contributed by atoms with E-state index in [9.17, 15) is 0 Å². The molecule has 0 aliphatic heterocycles. The van der Waals surface area contributed by atoms with Gasteiger partial charge in [-0.25, -0.2) is 0 Å². The van der Waals surface area contributed by atoms with Crippen LogP contribution in [-0.2, 0) is 0 Å². The van der Waals surface area contributed by atoms with Crippen LogP contribution in [0.5, 0.6) is 0 Å². The van der Waals surface area contributed by atoms with E-state index in [1.165, 1.54) is 11.1 Å². The lowest BCUT2D eigenvalue weighted by Crippen LogP contribution is -1.89. The van der Waals surface area contributed by atoms with E-state index in [0.717, 1.165) is 5.02 Å². The largest absolute Gasteiger partial charge is 0.0986 e. The maximum atomic E-state index is 5.93. The molecule has 2 rings (SSSR count). The molecule has 0 aromatic heterocycles. The van der Waals surface area contributed by atoms with Gasteiger partial charge >= 0.3 is 0 Å². The van der Waals surface area contributed by atoms with Crippen LogP contribution in [0.25, 0.3) is 0 Å². The van der Waals surface area contributed by atoms with Gasteiger partial charge in [-0.05, 0) is 23.1 Å². The maximum Gasteiger partial charge on any atom is 0.0408 e. The Hall–Kier alpha value is -0.750. The lowest BCUT2D eigenvalue weighted by molar-refractivity contribution is 0.642. The first kappa shape index (κ1) is 8.83. The topological polar surface area (TPSA) is 0 Å². The summed E-state index contributed by atoms with van der Waals surface area (Å²) in [6.07, 6.45) is 0. The number of benzene rings is 1. The van der Waals surface area contributed by atoms with E-state index in [0.29, 0.717) is 5.92 Å². The average Bonchev–Trinajstić information content (AvgIpc) is 2.51. The molecular formula is C12H13Cl. The summed E-state index contributed by atoms with van der Waals surface area (Å²) in [5.74, 6) is 0.506. The van der Waals surface area contributed by atoms with Crippen molar-refractivity contribution in [3.05, 3.63) is 47.0 Å². The molecule has 1 atom stereocenters. The van der Waals surface area contributed by atoms with Gasteiger partial charge in [0.2, 0.25) is 0 Å². The van der Waals surface area contributed by atoms with Gasteiger partial charge in [-0.2, -0.15) is 0 Å². The SMILES string of the molecule is C=C1C(c2cccc(Cl)c2)C1(C)C. The van der Waals surface area contributed by atoms with Crippen molar-refractivity contribution < 1.29 is 0 Å². The molecular weight excluding hydrogens is 180 g/mol. The third-order valence-electron chi connectivity index (χ3n) is 3.00. The number of hydrogen-bond donors (Lipinski definition) is 0. The van der Waals surface area contributed by atoms with Gasteiger partial charge in [-0.3, -0.25) is 0 Å². The van der Waals surface area contributed by atoms with Gasteiger partial charge in [-0.1, -0.05) is 49.7 Å². The van der Waals surface area contributed by atoms with Crippen LogP contribution in [0.15, 0.2) is 36.4 Å². The van der Waals surface area contributed by atoms with Crippen molar-refractivity contribution in [3.63, 3.8) is 0 Å². The van der Waals surface area contributed by atoms with Crippen LogP contribution in [0.3, 0.4) is 0 Å². The van der Waals surface area contributed by atoms with Crippen LogP contribution in [0.2, 0.25) is 5.02 Å². The molecule has 0 spiro atoms. The predicted molar refractivity (Wildman–Crippen MR) is 57.1 cm³/mol. The number of allylic oxidation sites excluding steroid dienone is 1. The highest BCUT2D eigenvalue weighted by molar-refractivity contribution is 6.30. The molecule has 1 aliphatic rings. The fourth-order valence-electron chi connectivity index (χ4n) is 1.94. The van der Waals surface area contributed by atoms with E-state index in [1.54, 1.807) is 0 Å². The van der Waals surface area contributed by atoms with Crippen LogP contribution in [-0.4, -0.2) is 0 Å². The Morgan fingerprint density at radius 1 is 1.38 bits per heavy atom. The molecule has 0 radical (unpaired) electrons. The van der Waals surface area contributed by atoms with Crippen molar-refractivity contribution in [3.8, 4) is 0 Å². The molecule has 68 valence electrons. The zero-order valence-corrected chi connectivity index (χ0v) is 8.73. The summed E-state index contributed by atoms with van der Waals surface area (Å²) in [6, 6.07) is 8.06. The minimum atomic E-state index is 0.269. The smallest absolute Gasteiger partial charge is 0.0408 e. The van der Waals surface area contributed by atoms with E-state index in [-0.39, 0.29) is 5.41 Å². The number of halogens is 1. The van der Waals surface area contributed by atoms with Crippen LogP contribution in [0.4, 0.5) is 0 Å². The first-order valence-electron chi connectivity index (χ1n) is 4.48.